The Morgan fingerprint density at radius 3 is 2.21 bits per heavy atom. The lowest BCUT2D eigenvalue weighted by molar-refractivity contribution is 0.00691. The van der Waals surface area contributed by atoms with Gasteiger partial charge in [0.05, 0.1) is 11.7 Å². The van der Waals surface area contributed by atoms with Gasteiger partial charge in [0, 0.05) is 5.33 Å². The molecule has 0 fully saturated rings. The van der Waals surface area contributed by atoms with Crippen molar-refractivity contribution in [3.63, 3.8) is 0 Å². The van der Waals surface area contributed by atoms with Crippen LogP contribution >= 0.6 is 15.9 Å². The summed E-state index contributed by atoms with van der Waals surface area (Å²) >= 11 is 3.10. The van der Waals surface area contributed by atoms with Gasteiger partial charge in [-0.15, -0.1) is 0 Å². The van der Waals surface area contributed by atoms with Crippen LogP contribution in [0.2, 0.25) is 0 Å². The zero-order valence-corrected chi connectivity index (χ0v) is 12.8. The van der Waals surface area contributed by atoms with Gasteiger partial charge in [0.15, 0.2) is 0 Å². The molecule has 0 aliphatic heterocycles. The highest BCUT2D eigenvalue weighted by Crippen LogP contribution is 2.20. The van der Waals surface area contributed by atoms with Crippen LogP contribution in [0.4, 0.5) is 0 Å². The molecule has 1 rings (SSSR count). The number of alkyl halides is 1. The number of halogens is 1. The van der Waals surface area contributed by atoms with Crippen LogP contribution in [0.25, 0.3) is 0 Å². The van der Waals surface area contributed by atoms with Crippen molar-refractivity contribution in [2.24, 2.45) is 0 Å². The van der Waals surface area contributed by atoms with Crippen molar-refractivity contribution < 1.29 is 19.7 Å². The SMILES string of the molecule is CC(C)(C)OC(=O)c1ccc(C(O)C(O)CBr)cc1. The molecule has 1 aromatic rings. The Bertz CT molecular complexity index is 422. The minimum Gasteiger partial charge on any atom is -0.456 e. The molecule has 2 atom stereocenters. The minimum atomic E-state index is -0.980. The van der Waals surface area contributed by atoms with Crippen LogP contribution in [0.3, 0.4) is 0 Å². The third-order valence-corrected chi connectivity index (χ3v) is 3.07. The van der Waals surface area contributed by atoms with E-state index in [4.69, 9.17) is 4.74 Å². The molecule has 2 N–H and O–H groups in total. The number of ether oxygens (including phenoxy) is 1. The Morgan fingerprint density at radius 1 is 1.26 bits per heavy atom. The molecular weight excluding hydrogens is 312 g/mol. The first-order valence-electron chi connectivity index (χ1n) is 6.00. The van der Waals surface area contributed by atoms with Crippen molar-refractivity contribution in [1.29, 1.82) is 0 Å². The summed E-state index contributed by atoms with van der Waals surface area (Å²) in [5.74, 6) is -0.408. The number of carbonyl (C=O) groups is 1. The largest absolute Gasteiger partial charge is 0.456 e. The first kappa shape index (κ1) is 16.1. The number of carbonyl (C=O) groups excluding carboxylic acids is 1. The van der Waals surface area contributed by atoms with Crippen molar-refractivity contribution in [2.75, 3.05) is 5.33 Å². The van der Waals surface area contributed by atoms with Crippen LogP contribution in [0.1, 0.15) is 42.8 Å². The molecule has 0 heterocycles. The van der Waals surface area contributed by atoms with E-state index in [2.05, 4.69) is 15.9 Å². The van der Waals surface area contributed by atoms with Gasteiger partial charge in [-0.2, -0.15) is 0 Å². The zero-order valence-electron chi connectivity index (χ0n) is 11.3. The van der Waals surface area contributed by atoms with Crippen LogP contribution in [0.5, 0.6) is 0 Å². The Morgan fingerprint density at radius 2 is 1.79 bits per heavy atom. The average molecular weight is 331 g/mol. The summed E-state index contributed by atoms with van der Waals surface area (Å²) in [6.07, 6.45) is -1.86. The number of hydrogen-bond donors (Lipinski definition) is 2. The van der Waals surface area contributed by atoms with Crippen molar-refractivity contribution >= 4 is 21.9 Å². The topological polar surface area (TPSA) is 66.8 Å². The maximum atomic E-state index is 11.8. The van der Waals surface area contributed by atoms with Gasteiger partial charge >= 0.3 is 5.97 Å². The molecule has 0 aliphatic rings. The molecule has 19 heavy (non-hydrogen) atoms. The van der Waals surface area contributed by atoms with Gasteiger partial charge in [0.1, 0.15) is 11.7 Å². The first-order valence-corrected chi connectivity index (χ1v) is 7.12. The number of aliphatic hydroxyl groups excluding tert-OH is 2. The van der Waals surface area contributed by atoms with E-state index in [9.17, 15) is 15.0 Å². The maximum absolute atomic E-state index is 11.8. The molecule has 0 amide bonds. The molecule has 1 aromatic carbocycles. The van der Waals surface area contributed by atoms with Crippen LogP contribution in [0.15, 0.2) is 24.3 Å². The predicted molar refractivity (Wildman–Crippen MR) is 76.4 cm³/mol. The standard InChI is InChI=1S/C14H19BrO4/c1-14(2,3)19-13(18)10-6-4-9(5-7-10)12(17)11(16)8-15/h4-7,11-12,16-17H,8H2,1-3H3. The van der Waals surface area contributed by atoms with Gasteiger partial charge < -0.3 is 14.9 Å². The maximum Gasteiger partial charge on any atom is 0.338 e. The minimum absolute atomic E-state index is 0.280. The summed E-state index contributed by atoms with van der Waals surface area (Å²) in [6.45, 7) is 5.40. The molecule has 0 saturated heterocycles. The molecule has 0 aliphatic carbocycles. The van der Waals surface area contributed by atoms with E-state index in [-0.39, 0.29) is 5.33 Å². The number of benzene rings is 1. The zero-order chi connectivity index (χ0) is 14.6. The molecule has 5 heteroatoms. The second kappa shape index (κ2) is 6.50. The van der Waals surface area contributed by atoms with Crippen LogP contribution < -0.4 is 0 Å². The van der Waals surface area contributed by atoms with Crippen molar-refractivity contribution in [3.05, 3.63) is 35.4 Å². The summed E-state index contributed by atoms with van der Waals surface area (Å²) in [4.78, 5) is 11.8. The third-order valence-electron chi connectivity index (χ3n) is 2.41. The van der Waals surface area contributed by atoms with E-state index < -0.39 is 23.8 Å². The van der Waals surface area contributed by atoms with E-state index in [1.54, 1.807) is 45.0 Å². The predicted octanol–water partition coefficient (Wildman–Crippen LogP) is 2.43. The first-order chi connectivity index (χ1) is 8.74. The highest BCUT2D eigenvalue weighted by Gasteiger charge is 2.20. The second-order valence-corrected chi connectivity index (χ2v) is 5.94. The van der Waals surface area contributed by atoms with Gasteiger partial charge in [0.25, 0.3) is 0 Å². The highest BCUT2D eigenvalue weighted by atomic mass is 79.9. The van der Waals surface area contributed by atoms with Gasteiger partial charge in [-0.25, -0.2) is 4.79 Å². The molecular formula is C14H19BrO4. The lowest BCUT2D eigenvalue weighted by atomic mass is 10.0. The van der Waals surface area contributed by atoms with E-state index in [0.29, 0.717) is 11.1 Å². The van der Waals surface area contributed by atoms with Crippen LogP contribution in [0, 0.1) is 0 Å². The third kappa shape index (κ3) is 4.93. The smallest absolute Gasteiger partial charge is 0.338 e. The molecule has 0 radical (unpaired) electrons. The van der Waals surface area contributed by atoms with Gasteiger partial charge in [-0.1, -0.05) is 28.1 Å². The Balaban J connectivity index is 2.79. The summed E-state index contributed by atoms with van der Waals surface area (Å²) in [7, 11) is 0. The summed E-state index contributed by atoms with van der Waals surface area (Å²) in [6, 6.07) is 6.37. The van der Waals surface area contributed by atoms with Crippen molar-refractivity contribution in [3.8, 4) is 0 Å². The van der Waals surface area contributed by atoms with Crippen molar-refractivity contribution in [2.45, 2.75) is 38.6 Å². The summed E-state index contributed by atoms with van der Waals surface area (Å²) in [5, 5.41) is 19.6. The molecule has 0 bridgehead atoms. The molecule has 2 unspecified atom stereocenters. The monoisotopic (exact) mass is 330 g/mol. The summed E-state index contributed by atoms with van der Waals surface area (Å²) in [5.41, 5.74) is 0.431. The van der Waals surface area contributed by atoms with E-state index >= 15 is 0 Å². The molecule has 0 spiro atoms. The normalized spacial score (nSPS) is 14.8. The molecule has 0 aromatic heterocycles. The molecule has 0 saturated carbocycles. The fourth-order valence-electron chi connectivity index (χ4n) is 1.46. The van der Waals surface area contributed by atoms with Gasteiger partial charge in [-0.3, -0.25) is 0 Å². The Labute approximate surface area is 121 Å². The van der Waals surface area contributed by atoms with Gasteiger partial charge in [-0.05, 0) is 38.5 Å². The average Bonchev–Trinajstić information content (AvgIpc) is 2.35. The highest BCUT2D eigenvalue weighted by molar-refractivity contribution is 9.09. The number of aliphatic hydroxyl groups is 2. The van der Waals surface area contributed by atoms with Crippen LogP contribution in [-0.4, -0.2) is 33.2 Å². The number of esters is 1. The van der Waals surface area contributed by atoms with Gasteiger partial charge in [0.2, 0.25) is 0 Å². The fraction of sp³-hybridized carbons (Fsp3) is 0.500. The fourth-order valence-corrected chi connectivity index (χ4v) is 1.81. The van der Waals surface area contributed by atoms with E-state index in [1.165, 1.54) is 0 Å². The van der Waals surface area contributed by atoms with E-state index in [0.717, 1.165) is 0 Å². The summed E-state index contributed by atoms with van der Waals surface area (Å²) < 4.78 is 5.23. The lowest BCUT2D eigenvalue weighted by Crippen LogP contribution is -2.24. The second-order valence-electron chi connectivity index (χ2n) is 5.29. The number of hydrogen-bond acceptors (Lipinski definition) is 4. The lowest BCUT2D eigenvalue weighted by Gasteiger charge is -2.20. The number of rotatable bonds is 4. The Kier molecular flexibility index (Phi) is 5.52. The molecule has 106 valence electrons. The van der Waals surface area contributed by atoms with E-state index in [1.807, 2.05) is 0 Å². The quantitative estimate of drug-likeness (QED) is 0.657. The van der Waals surface area contributed by atoms with Crippen molar-refractivity contribution in [1.82, 2.24) is 0 Å². The molecule has 4 nitrogen and oxygen atoms in total. The van der Waals surface area contributed by atoms with Crippen LogP contribution in [-0.2, 0) is 4.74 Å². The Hall–Kier alpha value is -0.910.